The molecule has 0 radical (unpaired) electrons. The first kappa shape index (κ1) is 6.62. The van der Waals surface area contributed by atoms with Gasteiger partial charge in [-0.15, -0.1) is 0 Å². The van der Waals surface area contributed by atoms with Gasteiger partial charge < -0.3 is 10.4 Å². The number of hydrogen-bond donors (Lipinski definition) is 2. The van der Waals surface area contributed by atoms with E-state index in [0.29, 0.717) is 12.0 Å². The van der Waals surface area contributed by atoms with Crippen LogP contribution >= 0.6 is 0 Å². The third-order valence-corrected chi connectivity index (χ3v) is 3.21. The predicted molar refractivity (Wildman–Crippen MR) is 39.7 cm³/mol. The molecule has 4 atom stereocenters. The maximum atomic E-state index is 9.62. The largest absolute Gasteiger partial charge is 0.391 e. The molecule has 0 heterocycles. The molecule has 0 aromatic rings. The molecular weight excluding hydrogens is 126 g/mol. The first-order valence-electron chi connectivity index (χ1n) is 4.18. The van der Waals surface area contributed by atoms with Gasteiger partial charge in [-0.1, -0.05) is 0 Å². The fourth-order valence-electron chi connectivity index (χ4n) is 2.67. The summed E-state index contributed by atoms with van der Waals surface area (Å²) < 4.78 is 0. The molecule has 10 heavy (non-hydrogen) atoms. The lowest BCUT2D eigenvalue weighted by Gasteiger charge is -2.26. The molecule has 2 aliphatic rings. The SMILES string of the molecule is CNC1C2CCC(C2)C1O. The quantitative estimate of drug-likeness (QED) is 0.553. The molecule has 0 aromatic heterocycles. The van der Waals surface area contributed by atoms with E-state index in [1.165, 1.54) is 19.3 Å². The van der Waals surface area contributed by atoms with Crippen LogP contribution in [0.15, 0.2) is 0 Å². The van der Waals surface area contributed by atoms with E-state index in [2.05, 4.69) is 5.32 Å². The van der Waals surface area contributed by atoms with E-state index < -0.39 is 0 Å². The van der Waals surface area contributed by atoms with Crippen LogP contribution in [0.3, 0.4) is 0 Å². The fraction of sp³-hybridized carbons (Fsp3) is 1.00. The molecule has 2 saturated carbocycles. The first-order chi connectivity index (χ1) is 4.83. The summed E-state index contributed by atoms with van der Waals surface area (Å²) in [5.41, 5.74) is 0. The third kappa shape index (κ3) is 0.722. The highest BCUT2D eigenvalue weighted by Crippen LogP contribution is 2.44. The summed E-state index contributed by atoms with van der Waals surface area (Å²) in [5.74, 6) is 1.38. The van der Waals surface area contributed by atoms with Gasteiger partial charge in [0.15, 0.2) is 0 Å². The minimum absolute atomic E-state index is 0.0521. The molecule has 2 aliphatic carbocycles. The Bertz CT molecular complexity index is 135. The van der Waals surface area contributed by atoms with E-state index in [4.69, 9.17) is 0 Å². The number of aliphatic hydroxyl groups excluding tert-OH is 1. The second kappa shape index (κ2) is 2.21. The van der Waals surface area contributed by atoms with Gasteiger partial charge in [0.25, 0.3) is 0 Å². The summed E-state index contributed by atoms with van der Waals surface area (Å²) in [6.45, 7) is 0. The van der Waals surface area contributed by atoms with Crippen LogP contribution in [0.2, 0.25) is 0 Å². The number of nitrogens with one attached hydrogen (secondary N) is 1. The van der Waals surface area contributed by atoms with Gasteiger partial charge in [-0.25, -0.2) is 0 Å². The Labute approximate surface area is 61.6 Å². The van der Waals surface area contributed by atoms with Crippen molar-refractivity contribution in [2.45, 2.75) is 31.4 Å². The zero-order chi connectivity index (χ0) is 7.14. The van der Waals surface area contributed by atoms with Crippen molar-refractivity contribution in [3.63, 3.8) is 0 Å². The third-order valence-electron chi connectivity index (χ3n) is 3.21. The van der Waals surface area contributed by atoms with Gasteiger partial charge in [0.1, 0.15) is 0 Å². The van der Waals surface area contributed by atoms with E-state index in [9.17, 15) is 5.11 Å². The van der Waals surface area contributed by atoms with Crippen molar-refractivity contribution in [2.75, 3.05) is 7.05 Å². The Hall–Kier alpha value is -0.0800. The normalized spacial score (nSPS) is 52.2. The van der Waals surface area contributed by atoms with Gasteiger partial charge in [-0.3, -0.25) is 0 Å². The Morgan fingerprint density at radius 1 is 1.30 bits per heavy atom. The van der Waals surface area contributed by atoms with Crippen molar-refractivity contribution < 1.29 is 5.11 Å². The molecule has 2 fully saturated rings. The van der Waals surface area contributed by atoms with Crippen LogP contribution in [-0.2, 0) is 0 Å². The van der Waals surface area contributed by atoms with Crippen LogP contribution in [0.4, 0.5) is 0 Å². The minimum atomic E-state index is -0.0521. The monoisotopic (exact) mass is 141 g/mol. The van der Waals surface area contributed by atoms with Gasteiger partial charge in [-0.05, 0) is 38.1 Å². The topological polar surface area (TPSA) is 32.3 Å². The van der Waals surface area contributed by atoms with Crippen LogP contribution in [0.1, 0.15) is 19.3 Å². The highest BCUT2D eigenvalue weighted by molar-refractivity contribution is 5.00. The van der Waals surface area contributed by atoms with Crippen LogP contribution < -0.4 is 5.32 Å². The van der Waals surface area contributed by atoms with Crippen molar-refractivity contribution in [1.29, 1.82) is 0 Å². The standard InChI is InChI=1S/C8H15NO/c1-9-7-5-2-3-6(4-5)8(7)10/h5-10H,2-4H2,1H3. The number of aliphatic hydroxyl groups is 1. The summed E-state index contributed by atoms with van der Waals surface area (Å²) in [5, 5.41) is 12.8. The highest BCUT2D eigenvalue weighted by atomic mass is 16.3. The molecular formula is C8H15NO. The molecule has 2 N–H and O–H groups in total. The highest BCUT2D eigenvalue weighted by Gasteiger charge is 2.45. The maximum absolute atomic E-state index is 9.62. The maximum Gasteiger partial charge on any atom is 0.0723 e. The van der Waals surface area contributed by atoms with Crippen LogP contribution in [-0.4, -0.2) is 24.3 Å². The van der Waals surface area contributed by atoms with Gasteiger partial charge in [-0.2, -0.15) is 0 Å². The second-order valence-corrected chi connectivity index (χ2v) is 3.64. The van der Waals surface area contributed by atoms with Gasteiger partial charge in [0.2, 0.25) is 0 Å². The molecule has 0 aliphatic heterocycles. The lowest BCUT2D eigenvalue weighted by Crippen LogP contribution is -2.42. The van der Waals surface area contributed by atoms with Crippen molar-refractivity contribution in [3.05, 3.63) is 0 Å². The molecule has 58 valence electrons. The predicted octanol–water partition coefficient (Wildman–Crippen LogP) is 0.365. The Morgan fingerprint density at radius 2 is 2.00 bits per heavy atom. The van der Waals surface area contributed by atoms with Crippen LogP contribution in [0.25, 0.3) is 0 Å². The second-order valence-electron chi connectivity index (χ2n) is 3.64. The van der Waals surface area contributed by atoms with Crippen LogP contribution in [0.5, 0.6) is 0 Å². The van der Waals surface area contributed by atoms with E-state index >= 15 is 0 Å². The molecule has 2 heteroatoms. The van der Waals surface area contributed by atoms with Gasteiger partial charge in [0, 0.05) is 6.04 Å². The minimum Gasteiger partial charge on any atom is -0.391 e. The van der Waals surface area contributed by atoms with Crippen molar-refractivity contribution in [2.24, 2.45) is 11.8 Å². The van der Waals surface area contributed by atoms with Crippen molar-refractivity contribution in [1.82, 2.24) is 5.32 Å². The fourth-order valence-corrected chi connectivity index (χ4v) is 2.67. The smallest absolute Gasteiger partial charge is 0.0723 e. The van der Waals surface area contributed by atoms with Crippen molar-refractivity contribution in [3.8, 4) is 0 Å². The van der Waals surface area contributed by atoms with Crippen LogP contribution in [0, 0.1) is 11.8 Å². The summed E-state index contributed by atoms with van der Waals surface area (Å²) in [6.07, 6.45) is 3.79. The number of likely N-dealkylation sites (N-methyl/N-ethyl adjacent to an activating group) is 1. The van der Waals surface area contributed by atoms with E-state index in [1.807, 2.05) is 7.05 Å². The van der Waals surface area contributed by atoms with E-state index in [-0.39, 0.29) is 6.10 Å². The van der Waals surface area contributed by atoms with Gasteiger partial charge in [0.05, 0.1) is 6.10 Å². The van der Waals surface area contributed by atoms with E-state index in [0.717, 1.165) is 5.92 Å². The molecule has 2 rings (SSSR count). The zero-order valence-electron chi connectivity index (χ0n) is 6.38. The number of fused-ring (bicyclic) bond motifs is 2. The molecule has 0 amide bonds. The van der Waals surface area contributed by atoms with Gasteiger partial charge >= 0.3 is 0 Å². The zero-order valence-corrected chi connectivity index (χ0v) is 6.38. The Balaban J connectivity index is 2.10. The van der Waals surface area contributed by atoms with E-state index in [1.54, 1.807) is 0 Å². The average Bonchev–Trinajstić information content (AvgIpc) is 2.46. The average molecular weight is 141 g/mol. The Kier molecular flexibility index (Phi) is 1.46. The lowest BCUT2D eigenvalue weighted by atomic mass is 9.93. The summed E-state index contributed by atoms with van der Waals surface area (Å²) in [4.78, 5) is 0. The first-order valence-corrected chi connectivity index (χ1v) is 4.18. The molecule has 0 saturated heterocycles. The molecule has 4 unspecified atom stereocenters. The number of hydrogen-bond acceptors (Lipinski definition) is 2. The molecule has 2 nitrogen and oxygen atoms in total. The summed E-state index contributed by atoms with van der Waals surface area (Å²) >= 11 is 0. The van der Waals surface area contributed by atoms with Crippen molar-refractivity contribution >= 4 is 0 Å². The molecule has 0 spiro atoms. The summed E-state index contributed by atoms with van der Waals surface area (Å²) in [7, 11) is 1.95. The number of rotatable bonds is 1. The lowest BCUT2D eigenvalue weighted by molar-refractivity contribution is 0.0824. The summed E-state index contributed by atoms with van der Waals surface area (Å²) in [6, 6.07) is 0.402. The molecule has 0 aromatic carbocycles. The Morgan fingerprint density at radius 3 is 2.40 bits per heavy atom. The molecule has 2 bridgehead atoms.